The van der Waals surface area contributed by atoms with Crippen molar-refractivity contribution in [2.45, 2.75) is 13.3 Å². The number of hydrogen-bond acceptors (Lipinski definition) is 5. The maximum atomic E-state index is 12.0. The van der Waals surface area contributed by atoms with Crippen LogP contribution in [-0.4, -0.2) is 33.7 Å². The summed E-state index contributed by atoms with van der Waals surface area (Å²) in [6, 6.07) is 15.0. The third kappa shape index (κ3) is 4.75. The van der Waals surface area contributed by atoms with Gasteiger partial charge in [0.1, 0.15) is 5.75 Å². The number of rotatable bonds is 7. The van der Waals surface area contributed by atoms with Crippen LogP contribution in [0.1, 0.15) is 11.3 Å². The molecule has 0 aliphatic carbocycles. The molecule has 6 nitrogen and oxygen atoms in total. The van der Waals surface area contributed by atoms with Crippen LogP contribution in [-0.2, 0) is 11.2 Å². The van der Waals surface area contributed by atoms with Gasteiger partial charge in [-0.3, -0.25) is 4.79 Å². The number of carbonyl (C=O) groups is 1. The number of ether oxygens (including phenoxy) is 1. The van der Waals surface area contributed by atoms with Gasteiger partial charge in [0, 0.05) is 28.9 Å². The molecule has 0 spiro atoms. The van der Waals surface area contributed by atoms with Gasteiger partial charge in [0.25, 0.3) is 5.91 Å². The Balaban J connectivity index is 1.32. The highest BCUT2D eigenvalue weighted by molar-refractivity contribution is 7.15. The summed E-state index contributed by atoms with van der Waals surface area (Å²) in [4.78, 5) is 17.5. The number of hydrogen-bond donors (Lipinski definition) is 1. The normalized spacial score (nSPS) is 11.0. The molecule has 0 bridgehead atoms. The summed E-state index contributed by atoms with van der Waals surface area (Å²) in [5.74, 6) is 1.14. The van der Waals surface area contributed by atoms with Crippen LogP contribution in [0.25, 0.3) is 16.3 Å². The van der Waals surface area contributed by atoms with Gasteiger partial charge in [0.05, 0.1) is 5.69 Å². The minimum absolute atomic E-state index is 0.0402. The topological polar surface area (TPSA) is 68.5 Å². The number of fused-ring (bicyclic) bond motifs is 1. The zero-order valence-corrected chi connectivity index (χ0v) is 17.3. The minimum Gasteiger partial charge on any atom is -0.484 e. The zero-order valence-electron chi connectivity index (χ0n) is 15.8. The molecule has 1 amide bonds. The molecular formula is C21H19ClN4O2S. The van der Waals surface area contributed by atoms with E-state index in [0.29, 0.717) is 29.6 Å². The first-order valence-electron chi connectivity index (χ1n) is 9.14. The largest absolute Gasteiger partial charge is 0.484 e. The number of amides is 1. The highest BCUT2D eigenvalue weighted by Crippen LogP contribution is 2.21. The van der Waals surface area contributed by atoms with Gasteiger partial charge in [-0.05, 0) is 37.3 Å². The summed E-state index contributed by atoms with van der Waals surface area (Å²) in [7, 11) is 0. The van der Waals surface area contributed by atoms with Crippen LogP contribution in [0.4, 0.5) is 0 Å². The van der Waals surface area contributed by atoms with Crippen LogP contribution in [0.3, 0.4) is 0 Å². The van der Waals surface area contributed by atoms with E-state index in [4.69, 9.17) is 16.3 Å². The predicted octanol–water partition coefficient (Wildman–Crippen LogP) is 4.16. The first kappa shape index (κ1) is 19.4. The Kier molecular flexibility index (Phi) is 5.78. The molecule has 4 aromatic rings. The lowest BCUT2D eigenvalue weighted by Crippen LogP contribution is -2.30. The van der Waals surface area contributed by atoms with Gasteiger partial charge in [-0.1, -0.05) is 35.4 Å². The van der Waals surface area contributed by atoms with E-state index >= 15 is 0 Å². The molecule has 2 aromatic heterocycles. The van der Waals surface area contributed by atoms with Crippen LogP contribution in [0.15, 0.2) is 53.9 Å². The summed E-state index contributed by atoms with van der Waals surface area (Å²) < 4.78 is 7.29. The van der Waals surface area contributed by atoms with Crippen LogP contribution in [0.2, 0.25) is 5.02 Å². The molecule has 8 heteroatoms. The molecule has 0 aliphatic rings. The van der Waals surface area contributed by atoms with Gasteiger partial charge in [0.2, 0.25) is 4.96 Å². The van der Waals surface area contributed by atoms with E-state index in [-0.39, 0.29) is 12.5 Å². The number of thiazole rings is 1. The fraction of sp³-hybridized carbons (Fsp3) is 0.190. The Morgan fingerprint density at radius 3 is 2.86 bits per heavy atom. The van der Waals surface area contributed by atoms with Crippen LogP contribution < -0.4 is 10.1 Å². The van der Waals surface area contributed by atoms with E-state index in [1.807, 2.05) is 35.0 Å². The number of aryl methyl sites for hydroxylation is 1. The molecule has 0 atom stereocenters. The molecule has 4 rings (SSSR count). The second kappa shape index (κ2) is 8.63. The molecule has 2 heterocycles. The standard InChI is InChI=1S/C21H19ClN4O2S/c1-14-3-2-4-15(11-14)20-24-21-26(25-20)17(13-29-21)9-10-23-19(27)12-28-18-7-5-16(22)6-8-18/h2-8,11,13H,9-10,12H2,1H3,(H,23,27). The van der Waals surface area contributed by atoms with E-state index in [9.17, 15) is 4.79 Å². The number of nitrogens with one attached hydrogen (secondary N) is 1. The summed E-state index contributed by atoms with van der Waals surface area (Å²) >= 11 is 7.37. The zero-order chi connectivity index (χ0) is 20.2. The van der Waals surface area contributed by atoms with Gasteiger partial charge in [-0.25, -0.2) is 4.52 Å². The molecule has 0 fully saturated rings. The fourth-order valence-corrected chi connectivity index (χ4v) is 3.85. The summed E-state index contributed by atoms with van der Waals surface area (Å²) in [5.41, 5.74) is 3.18. The average Bonchev–Trinajstić information content (AvgIpc) is 3.29. The number of carbonyl (C=O) groups excluding carboxylic acids is 1. The van der Waals surface area contributed by atoms with Gasteiger partial charge in [-0.2, -0.15) is 4.98 Å². The number of benzene rings is 2. The number of aromatic nitrogens is 3. The third-order valence-electron chi connectivity index (χ3n) is 4.31. The Hall–Kier alpha value is -2.90. The van der Waals surface area contributed by atoms with E-state index < -0.39 is 0 Å². The van der Waals surface area contributed by atoms with Gasteiger partial charge >= 0.3 is 0 Å². The summed E-state index contributed by atoms with van der Waals surface area (Å²) in [6.07, 6.45) is 0.656. The molecule has 0 unspecified atom stereocenters. The average molecular weight is 427 g/mol. The van der Waals surface area contributed by atoms with E-state index in [1.165, 1.54) is 5.56 Å². The number of halogens is 1. The summed E-state index contributed by atoms with van der Waals surface area (Å²) in [6.45, 7) is 2.50. The lowest BCUT2D eigenvalue weighted by atomic mass is 10.1. The van der Waals surface area contributed by atoms with E-state index in [0.717, 1.165) is 16.2 Å². The van der Waals surface area contributed by atoms with E-state index in [1.54, 1.807) is 35.6 Å². The fourth-order valence-electron chi connectivity index (χ4n) is 2.86. The second-order valence-corrected chi connectivity index (χ2v) is 7.84. The van der Waals surface area contributed by atoms with Crippen molar-refractivity contribution in [2.24, 2.45) is 0 Å². The van der Waals surface area contributed by atoms with Crippen molar-refractivity contribution in [3.63, 3.8) is 0 Å². The Morgan fingerprint density at radius 1 is 1.24 bits per heavy atom. The second-order valence-electron chi connectivity index (χ2n) is 6.57. The van der Waals surface area contributed by atoms with Crippen LogP contribution >= 0.6 is 22.9 Å². The Labute approximate surface area is 177 Å². The summed E-state index contributed by atoms with van der Waals surface area (Å²) in [5, 5.41) is 10.1. The first-order valence-corrected chi connectivity index (χ1v) is 10.4. The van der Waals surface area contributed by atoms with Crippen molar-refractivity contribution in [1.29, 1.82) is 0 Å². The predicted molar refractivity (Wildman–Crippen MR) is 115 cm³/mol. The Morgan fingerprint density at radius 2 is 2.07 bits per heavy atom. The van der Waals surface area contributed by atoms with Crippen molar-refractivity contribution in [3.05, 3.63) is 70.2 Å². The lowest BCUT2D eigenvalue weighted by Gasteiger charge is -2.07. The molecule has 2 aromatic carbocycles. The quantitative estimate of drug-likeness (QED) is 0.482. The maximum absolute atomic E-state index is 12.0. The van der Waals surface area contributed by atoms with Gasteiger partial charge in [-0.15, -0.1) is 16.4 Å². The van der Waals surface area contributed by atoms with Crippen LogP contribution in [0, 0.1) is 6.92 Å². The van der Waals surface area contributed by atoms with Crippen molar-refractivity contribution in [2.75, 3.05) is 13.2 Å². The molecule has 0 radical (unpaired) electrons. The maximum Gasteiger partial charge on any atom is 0.257 e. The monoisotopic (exact) mass is 426 g/mol. The minimum atomic E-state index is -0.175. The molecule has 148 valence electrons. The molecule has 0 aliphatic heterocycles. The molecular weight excluding hydrogens is 408 g/mol. The van der Waals surface area contributed by atoms with Crippen molar-refractivity contribution >= 4 is 33.8 Å². The first-order chi connectivity index (χ1) is 14.1. The molecule has 0 saturated heterocycles. The Bertz CT molecular complexity index is 1140. The molecule has 29 heavy (non-hydrogen) atoms. The van der Waals surface area contributed by atoms with Crippen molar-refractivity contribution in [1.82, 2.24) is 19.9 Å². The SMILES string of the molecule is Cc1cccc(-c2nc3scc(CCNC(=O)COc4ccc(Cl)cc4)n3n2)c1. The number of nitrogens with zero attached hydrogens (tertiary/aromatic N) is 3. The molecule has 0 saturated carbocycles. The van der Waals surface area contributed by atoms with Gasteiger partial charge in [0.15, 0.2) is 12.4 Å². The smallest absolute Gasteiger partial charge is 0.257 e. The lowest BCUT2D eigenvalue weighted by molar-refractivity contribution is -0.123. The van der Waals surface area contributed by atoms with Gasteiger partial charge < -0.3 is 10.1 Å². The molecule has 1 N–H and O–H groups in total. The van der Waals surface area contributed by atoms with Crippen LogP contribution in [0.5, 0.6) is 5.75 Å². The van der Waals surface area contributed by atoms with E-state index in [2.05, 4.69) is 21.5 Å². The highest BCUT2D eigenvalue weighted by atomic mass is 35.5. The van der Waals surface area contributed by atoms with Crippen molar-refractivity contribution < 1.29 is 9.53 Å². The highest BCUT2D eigenvalue weighted by Gasteiger charge is 2.12. The third-order valence-corrected chi connectivity index (χ3v) is 5.43. The van der Waals surface area contributed by atoms with Crippen molar-refractivity contribution in [3.8, 4) is 17.1 Å².